The van der Waals surface area contributed by atoms with Crippen LogP contribution in [0.5, 0.6) is 5.88 Å². The summed E-state index contributed by atoms with van der Waals surface area (Å²) in [4.78, 5) is 19.8. The average Bonchev–Trinajstić information content (AvgIpc) is 3.67. The van der Waals surface area contributed by atoms with Gasteiger partial charge in [-0.25, -0.2) is 4.98 Å². The summed E-state index contributed by atoms with van der Waals surface area (Å²) in [6, 6.07) is 12.6. The van der Waals surface area contributed by atoms with E-state index in [2.05, 4.69) is 42.1 Å². The zero-order valence-electron chi connectivity index (χ0n) is 25.4. The number of aromatic nitrogens is 3. The van der Waals surface area contributed by atoms with Gasteiger partial charge in [0.05, 0.1) is 18.5 Å². The normalized spacial score (nSPS) is 17.4. The highest BCUT2D eigenvalue weighted by Crippen LogP contribution is 2.36. The standard InChI is InChI=1S/C35H39N5O3/c1-4-42-35-29(32(41)18-36)19-37-40(35)33-15-9-14-31(38-33)28-13-8-10-23(2)34(28)43-22-26-17-16-25-20-39(21-30(25)24(26)3)27-11-6-5-7-12-27/h9,13-17,19,27H,4-8,10-12,20-22H2,1-3H3. The van der Waals surface area contributed by atoms with E-state index < -0.39 is 5.78 Å². The molecule has 2 aromatic heterocycles. The highest BCUT2D eigenvalue weighted by Gasteiger charge is 2.29. The van der Waals surface area contributed by atoms with Crippen LogP contribution >= 0.6 is 0 Å². The minimum atomic E-state index is -0.696. The number of ketones is 1. The maximum Gasteiger partial charge on any atom is 0.269 e. The van der Waals surface area contributed by atoms with Gasteiger partial charge < -0.3 is 9.47 Å². The summed E-state index contributed by atoms with van der Waals surface area (Å²) in [7, 11) is 0. The van der Waals surface area contributed by atoms with E-state index in [9.17, 15) is 4.79 Å². The van der Waals surface area contributed by atoms with E-state index in [0.29, 0.717) is 19.0 Å². The maximum absolute atomic E-state index is 12.2. The first-order valence-electron chi connectivity index (χ1n) is 15.5. The molecule has 1 fully saturated rings. The van der Waals surface area contributed by atoms with Crippen LogP contribution in [0.15, 0.2) is 53.9 Å². The molecule has 3 aromatic rings. The zero-order chi connectivity index (χ0) is 29.9. The van der Waals surface area contributed by atoms with Crippen molar-refractivity contribution in [3.8, 4) is 17.8 Å². The molecule has 3 heterocycles. The molecule has 0 bridgehead atoms. The Kier molecular flexibility index (Phi) is 8.44. The number of hydrogen-bond acceptors (Lipinski definition) is 7. The Labute approximate surface area is 253 Å². The van der Waals surface area contributed by atoms with Gasteiger partial charge in [-0.1, -0.05) is 43.5 Å². The number of carbonyl (C=O) groups excluding carboxylic acids is 1. The molecule has 222 valence electrons. The molecule has 0 radical (unpaired) electrons. The van der Waals surface area contributed by atoms with Crippen LogP contribution in [-0.4, -0.2) is 38.1 Å². The molecule has 3 aliphatic rings. The fourth-order valence-corrected chi connectivity index (χ4v) is 6.69. The van der Waals surface area contributed by atoms with Gasteiger partial charge in [-0.05, 0) is 86.4 Å². The number of allylic oxidation sites excluding steroid dienone is 3. The summed E-state index contributed by atoms with van der Waals surface area (Å²) in [6.07, 6.45) is 12.1. The molecule has 0 spiro atoms. The fourth-order valence-electron chi connectivity index (χ4n) is 6.69. The maximum atomic E-state index is 12.2. The number of carbonyl (C=O) groups is 1. The van der Waals surface area contributed by atoms with Crippen LogP contribution in [0.25, 0.3) is 11.4 Å². The van der Waals surface area contributed by atoms with Gasteiger partial charge in [0.25, 0.3) is 5.78 Å². The number of benzene rings is 1. The summed E-state index contributed by atoms with van der Waals surface area (Å²) in [5, 5.41) is 13.5. The molecular weight excluding hydrogens is 538 g/mol. The minimum Gasteiger partial charge on any atom is -0.488 e. The Morgan fingerprint density at radius 3 is 2.72 bits per heavy atom. The van der Waals surface area contributed by atoms with E-state index in [-0.39, 0.29) is 11.4 Å². The molecule has 0 atom stereocenters. The molecule has 8 heteroatoms. The predicted octanol–water partition coefficient (Wildman–Crippen LogP) is 7.00. The first-order chi connectivity index (χ1) is 21.0. The third-order valence-corrected chi connectivity index (χ3v) is 9.09. The molecule has 0 saturated heterocycles. The number of fused-ring (bicyclic) bond motifs is 1. The molecule has 0 N–H and O–H groups in total. The van der Waals surface area contributed by atoms with Crippen molar-refractivity contribution in [2.75, 3.05) is 6.61 Å². The summed E-state index contributed by atoms with van der Waals surface area (Å²) in [5.41, 5.74) is 8.54. The molecule has 1 aliphatic heterocycles. The number of pyridine rings is 1. The van der Waals surface area contributed by atoms with Crippen LogP contribution in [-0.2, 0) is 24.4 Å². The van der Waals surface area contributed by atoms with E-state index in [0.717, 1.165) is 49.0 Å². The largest absolute Gasteiger partial charge is 0.488 e. The second-order valence-electron chi connectivity index (χ2n) is 11.8. The quantitative estimate of drug-likeness (QED) is 0.200. The van der Waals surface area contributed by atoms with Crippen LogP contribution in [0.4, 0.5) is 0 Å². The molecule has 43 heavy (non-hydrogen) atoms. The lowest BCUT2D eigenvalue weighted by Crippen LogP contribution is -2.32. The van der Waals surface area contributed by atoms with E-state index in [1.54, 1.807) is 6.07 Å². The van der Waals surface area contributed by atoms with Crippen LogP contribution in [0.2, 0.25) is 0 Å². The fraction of sp³-hybridized carbons (Fsp3) is 0.429. The van der Waals surface area contributed by atoms with Crippen molar-refractivity contribution in [3.63, 3.8) is 0 Å². The molecule has 0 unspecified atom stereocenters. The molecule has 8 nitrogen and oxygen atoms in total. The third-order valence-electron chi connectivity index (χ3n) is 9.09. The Morgan fingerprint density at radius 1 is 1.09 bits per heavy atom. The topological polar surface area (TPSA) is 93.3 Å². The summed E-state index contributed by atoms with van der Waals surface area (Å²) < 4.78 is 13.8. The highest BCUT2D eigenvalue weighted by atomic mass is 16.5. The van der Waals surface area contributed by atoms with E-state index in [1.807, 2.05) is 25.1 Å². The lowest BCUT2D eigenvalue weighted by molar-refractivity contribution is 0.105. The molecular formula is C35H39N5O3. The van der Waals surface area contributed by atoms with Crippen molar-refractivity contribution < 1.29 is 14.3 Å². The monoisotopic (exact) mass is 577 g/mol. The van der Waals surface area contributed by atoms with Crippen LogP contribution in [0.3, 0.4) is 0 Å². The number of ether oxygens (including phenoxy) is 2. The Bertz CT molecular complexity index is 1640. The van der Waals surface area contributed by atoms with Crippen LogP contribution < -0.4 is 4.74 Å². The van der Waals surface area contributed by atoms with Crippen molar-refractivity contribution in [2.45, 2.75) is 91.5 Å². The number of nitriles is 1. The molecule has 0 amide bonds. The Morgan fingerprint density at radius 2 is 1.93 bits per heavy atom. The number of rotatable bonds is 9. The first-order valence-corrected chi connectivity index (χ1v) is 15.5. The van der Waals surface area contributed by atoms with Crippen molar-refractivity contribution in [2.24, 2.45) is 0 Å². The lowest BCUT2D eigenvalue weighted by Gasteiger charge is -2.30. The van der Waals surface area contributed by atoms with Crippen LogP contribution in [0.1, 0.15) is 97.1 Å². The summed E-state index contributed by atoms with van der Waals surface area (Å²) in [5.74, 6) is 0.885. The van der Waals surface area contributed by atoms with Gasteiger partial charge in [-0.15, -0.1) is 0 Å². The highest BCUT2D eigenvalue weighted by molar-refractivity contribution is 6.09. The van der Waals surface area contributed by atoms with Gasteiger partial charge in [0.1, 0.15) is 24.0 Å². The predicted molar refractivity (Wildman–Crippen MR) is 164 cm³/mol. The van der Waals surface area contributed by atoms with Crippen molar-refractivity contribution in [1.82, 2.24) is 19.7 Å². The Balaban J connectivity index is 1.22. The minimum absolute atomic E-state index is 0.125. The van der Waals surface area contributed by atoms with Crippen molar-refractivity contribution in [1.29, 1.82) is 5.26 Å². The smallest absolute Gasteiger partial charge is 0.269 e. The lowest BCUT2D eigenvalue weighted by atomic mass is 9.94. The van der Waals surface area contributed by atoms with E-state index in [1.165, 1.54) is 70.8 Å². The summed E-state index contributed by atoms with van der Waals surface area (Å²) >= 11 is 0. The molecule has 1 saturated carbocycles. The van der Waals surface area contributed by atoms with Crippen LogP contribution in [0, 0.1) is 18.3 Å². The van der Waals surface area contributed by atoms with Gasteiger partial charge in [0.2, 0.25) is 5.88 Å². The van der Waals surface area contributed by atoms with E-state index >= 15 is 0 Å². The van der Waals surface area contributed by atoms with Gasteiger partial charge in [-0.3, -0.25) is 9.69 Å². The zero-order valence-corrected chi connectivity index (χ0v) is 25.4. The average molecular weight is 578 g/mol. The van der Waals surface area contributed by atoms with Gasteiger partial charge >= 0.3 is 0 Å². The van der Waals surface area contributed by atoms with E-state index in [4.69, 9.17) is 19.7 Å². The summed E-state index contributed by atoms with van der Waals surface area (Å²) in [6.45, 7) is 9.13. The first kappa shape index (κ1) is 28.9. The second kappa shape index (κ2) is 12.6. The van der Waals surface area contributed by atoms with Gasteiger partial charge in [0.15, 0.2) is 5.82 Å². The SMILES string of the molecule is CCOc1c(C(=O)C#N)cnn1-c1cccc(C2=CCCC(C)=C2OCc2ccc3c(c2C)CN(C2CCCCC2)C3)n1. The Hall–Kier alpha value is -4.22. The van der Waals surface area contributed by atoms with Crippen molar-refractivity contribution in [3.05, 3.63) is 87.4 Å². The number of nitrogens with zero attached hydrogens (tertiary/aromatic N) is 5. The molecule has 6 rings (SSSR count). The molecule has 2 aliphatic carbocycles. The number of Topliss-reactive ketones (excluding diaryl/α,β-unsaturated/α-hetero) is 1. The third kappa shape index (κ3) is 5.74. The second-order valence-corrected chi connectivity index (χ2v) is 11.8. The molecule has 1 aromatic carbocycles. The van der Waals surface area contributed by atoms with Gasteiger partial charge in [0, 0.05) is 24.7 Å². The number of hydrogen-bond donors (Lipinski definition) is 0. The van der Waals surface area contributed by atoms with Crippen molar-refractivity contribution >= 4 is 11.4 Å². The van der Waals surface area contributed by atoms with Gasteiger partial charge in [-0.2, -0.15) is 15.0 Å².